The number of halogens is 1. The molecule has 0 saturated carbocycles. The van der Waals surface area contributed by atoms with Gasteiger partial charge in [-0.1, -0.05) is 0 Å². The molecule has 12 heavy (non-hydrogen) atoms. The molecule has 0 spiro atoms. The third kappa shape index (κ3) is 3.90. The molecule has 0 aromatic rings. The van der Waals surface area contributed by atoms with Crippen LogP contribution in [-0.2, 0) is 4.74 Å². The van der Waals surface area contributed by atoms with Gasteiger partial charge in [-0.25, -0.2) is 0 Å². The fourth-order valence-corrected chi connectivity index (χ4v) is 1.23. The fraction of sp³-hybridized carbons (Fsp3) is 0.857. The van der Waals surface area contributed by atoms with Crippen LogP contribution >= 0.6 is 11.6 Å². The number of amides is 1. The molecule has 70 valence electrons. The maximum absolute atomic E-state index is 10.3. The van der Waals surface area contributed by atoms with Gasteiger partial charge in [0, 0.05) is 26.2 Å². The molecule has 5 heteroatoms. The quantitative estimate of drug-likeness (QED) is 0.516. The maximum Gasteiger partial charge on any atom is 0.313 e. The maximum atomic E-state index is 10.3. The van der Waals surface area contributed by atoms with Crippen molar-refractivity contribution in [3.8, 4) is 0 Å². The van der Waals surface area contributed by atoms with Gasteiger partial charge >= 0.3 is 5.37 Å². The number of morpholine rings is 1. The highest BCUT2D eigenvalue weighted by molar-refractivity contribution is 6.62. The first-order chi connectivity index (χ1) is 5.79. The van der Waals surface area contributed by atoms with Gasteiger partial charge in [0.15, 0.2) is 0 Å². The van der Waals surface area contributed by atoms with Crippen molar-refractivity contribution in [2.24, 2.45) is 0 Å². The number of nitrogens with one attached hydrogen (secondary N) is 1. The number of carbonyl (C=O) groups excluding carboxylic acids is 1. The molecule has 0 bridgehead atoms. The smallest absolute Gasteiger partial charge is 0.313 e. The average Bonchev–Trinajstić information content (AvgIpc) is 2.05. The SMILES string of the molecule is O=C(Cl)NCCN1CCOCC1. The first-order valence-corrected chi connectivity index (χ1v) is 4.40. The molecule has 1 aliphatic rings. The van der Waals surface area contributed by atoms with Gasteiger partial charge in [-0.3, -0.25) is 9.69 Å². The van der Waals surface area contributed by atoms with E-state index in [2.05, 4.69) is 10.2 Å². The second-order valence-electron chi connectivity index (χ2n) is 2.65. The molecule has 1 aliphatic heterocycles. The summed E-state index contributed by atoms with van der Waals surface area (Å²) in [5.41, 5.74) is 0. The highest BCUT2D eigenvalue weighted by Crippen LogP contribution is 1.94. The lowest BCUT2D eigenvalue weighted by molar-refractivity contribution is 0.0388. The Morgan fingerprint density at radius 3 is 2.75 bits per heavy atom. The molecule has 4 nitrogen and oxygen atoms in total. The van der Waals surface area contributed by atoms with Gasteiger partial charge in [0.05, 0.1) is 13.2 Å². The monoisotopic (exact) mass is 192 g/mol. The van der Waals surface area contributed by atoms with Crippen LogP contribution in [0.25, 0.3) is 0 Å². The number of hydrogen-bond donors (Lipinski definition) is 1. The van der Waals surface area contributed by atoms with E-state index in [1.807, 2.05) is 0 Å². The van der Waals surface area contributed by atoms with Crippen molar-refractivity contribution in [1.29, 1.82) is 0 Å². The summed E-state index contributed by atoms with van der Waals surface area (Å²) in [6, 6.07) is 0. The number of carbonyl (C=O) groups is 1. The van der Waals surface area contributed by atoms with E-state index >= 15 is 0 Å². The molecule has 0 unspecified atom stereocenters. The molecule has 0 aliphatic carbocycles. The van der Waals surface area contributed by atoms with Crippen LogP contribution in [0.1, 0.15) is 0 Å². The summed E-state index contributed by atoms with van der Waals surface area (Å²) in [5.74, 6) is 0. The number of rotatable bonds is 3. The summed E-state index contributed by atoms with van der Waals surface area (Å²) >= 11 is 5.10. The number of nitrogens with zero attached hydrogens (tertiary/aromatic N) is 1. The Hall–Kier alpha value is -0.320. The van der Waals surface area contributed by atoms with Crippen molar-refractivity contribution >= 4 is 17.0 Å². The summed E-state index contributed by atoms with van der Waals surface area (Å²) in [7, 11) is 0. The molecule has 0 aromatic carbocycles. The second kappa shape index (κ2) is 5.35. The van der Waals surface area contributed by atoms with E-state index in [4.69, 9.17) is 16.3 Å². The first-order valence-electron chi connectivity index (χ1n) is 4.02. The van der Waals surface area contributed by atoms with E-state index in [-0.39, 0.29) is 0 Å². The topological polar surface area (TPSA) is 41.6 Å². The lowest BCUT2D eigenvalue weighted by Crippen LogP contribution is -2.40. The molecule has 1 heterocycles. The van der Waals surface area contributed by atoms with Gasteiger partial charge in [-0.2, -0.15) is 0 Å². The van der Waals surface area contributed by atoms with Gasteiger partial charge in [-0.15, -0.1) is 0 Å². The zero-order chi connectivity index (χ0) is 8.81. The summed E-state index contributed by atoms with van der Waals surface area (Å²) < 4.78 is 5.17. The number of hydrogen-bond acceptors (Lipinski definition) is 3. The third-order valence-electron chi connectivity index (χ3n) is 1.80. The lowest BCUT2D eigenvalue weighted by Gasteiger charge is -2.26. The minimum absolute atomic E-state index is 0.483. The predicted octanol–water partition coefficient (Wildman–Crippen LogP) is 0.267. The van der Waals surface area contributed by atoms with Crippen LogP contribution in [0.15, 0.2) is 0 Å². The van der Waals surface area contributed by atoms with Crippen molar-refractivity contribution in [2.45, 2.75) is 0 Å². The van der Waals surface area contributed by atoms with E-state index in [0.717, 1.165) is 32.8 Å². The van der Waals surface area contributed by atoms with Crippen molar-refractivity contribution < 1.29 is 9.53 Å². The van der Waals surface area contributed by atoms with E-state index in [0.29, 0.717) is 6.54 Å². The van der Waals surface area contributed by atoms with Crippen molar-refractivity contribution in [3.05, 3.63) is 0 Å². The minimum atomic E-state index is -0.483. The van der Waals surface area contributed by atoms with Crippen molar-refractivity contribution in [1.82, 2.24) is 10.2 Å². The zero-order valence-electron chi connectivity index (χ0n) is 6.88. The molecule has 0 aromatic heterocycles. The molecule has 1 saturated heterocycles. The van der Waals surface area contributed by atoms with Gasteiger partial charge in [0.1, 0.15) is 0 Å². The Labute approximate surface area is 76.8 Å². The van der Waals surface area contributed by atoms with Crippen LogP contribution in [0.3, 0.4) is 0 Å². The molecule has 1 fully saturated rings. The molecule has 1 amide bonds. The molecule has 1 N–H and O–H groups in total. The molecular formula is C7H13ClN2O2. The molecular weight excluding hydrogens is 180 g/mol. The highest BCUT2D eigenvalue weighted by atomic mass is 35.5. The van der Waals surface area contributed by atoms with Crippen LogP contribution in [0.4, 0.5) is 4.79 Å². The van der Waals surface area contributed by atoms with Crippen LogP contribution in [0, 0.1) is 0 Å². The van der Waals surface area contributed by atoms with Gasteiger partial charge in [0.2, 0.25) is 0 Å². The van der Waals surface area contributed by atoms with Crippen LogP contribution in [-0.4, -0.2) is 49.7 Å². The van der Waals surface area contributed by atoms with E-state index in [1.54, 1.807) is 0 Å². The molecule has 0 radical (unpaired) electrons. The summed E-state index contributed by atoms with van der Waals surface area (Å²) in [6.07, 6.45) is 0. The summed E-state index contributed by atoms with van der Waals surface area (Å²) in [5, 5.41) is 2.05. The largest absolute Gasteiger partial charge is 0.379 e. The Kier molecular flexibility index (Phi) is 4.35. The zero-order valence-corrected chi connectivity index (χ0v) is 7.64. The Morgan fingerprint density at radius 1 is 1.50 bits per heavy atom. The fourth-order valence-electron chi connectivity index (χ4n) is 1.14. The summed E-state index contributed by atoms with van der Waals surface area (Å²) in [4.78, 5) is 12.5. The third-order valence-corrected chi connectivity index (χ3v) is 1.93. The van der Waals surface area contributed by atoms with Gasteiger partial charge < -0.3 is 10.1 Å². The normalized spacial score (nSPS) is 19.1. The van der Waals surface area contributed by atoms with E-state index < -0.39 is 5.37 Å². The minimum Gasteiger partial charge on any atom is -0.379 e. The number of ether oxygens (including phenoxy) is 1. The lowest BCUT2D eigenvalue weighted by atomic mass is 10.4. The van der Waals surface area contributed by atoms with Crippen molar-refractivity contribution in [2.75, 3.05) is 39.4 Å². The molecule has 1 rings (SSSR count). The van der Waals surface area contributed by atoms with Gasteiger partial charge in [0.25, 0.3) is 0 Å². The average molecular weight is 193 g/mol. The van der Waals surface area contributed by atoms with Crippen molar-refractivity contribution in [3.63, 3.8) is 0 Å². The second-order valence-corrected chi connectivity index (χ2v) is 3.00. The van der Waals surface area contributed by atoms with Gasteiger partial charge in [-0.05, 0) is 11.6 Å². The Balaban J connectivity index is 2.01. The van der Waals surface area contributed by atoms with E-state index in [1.165, 1.54) is 0 Å². The highest BCUT2D eigenvalue weighted by Gasteiger charge is 2.09. The van der Waals surface area contributed by atoms with Crippen LogP contribution in [0.5, 0.6) is 0 Å². The van der Waals surface area contributed by atoms with E-state index in [9.17, 15) is 4.79 Å². The van der Waals surface area contributed by atoms with Crippen LogP contribution < -0.4 is 5.32 Å². The molecule has 0 atom stereocenters. The first kappa shape index (κ1) is 9.77. The standard InChI is InChI=1S/C7H13ClN2O2/c8-7(11)9-1-2-10-3-5-12-6-4-10/h1-6H2,(H,9,11). The Bertz CT molecular complexity index is 148. The summed E-state index contributed by atoms with van der Waals surface area (Å²) in [6.45, 7) is 4.92. The predicted molar refractivity (Wildman–Crippen MR) is 46.5 cm³/mol. The van der Waals surface area contributed by atoms with Crippen LogP contribution in [0.2, 0.25) is 0 Å². The Morgan fingerprint density at radius 2 is 2.17 bits per heavy atom.